The molecule has 3 rings (SSSR count). The van der Waals surface area contributed by atoms with Crippen molar-refractivity contribution >= 4 is 68.4 Å². The molecule has 0 aromatic heterocycles. The Balaban J connectivity index is 1.97. The number of anilines is 1. The van der Waals surface area contributed by atoms with Crippen molar-refractivity contribution in [1.29, 1.82) is 0 Å². The van der Waals surface area contributed by atoms with Gasteiger partial charge in [0.15, 0.2) is 5.11 Å². The molecule has 2 amide bonds. The molecule has 1 saturated heterocycles. The number of carbonyl (C=O) groups is 2. The summed E-state index contributed by atoms with van der Waals surface area (Å²) in [5.74, 6) is -0.356. The fourth-order valence-corrected chi connectivity index (χ4v) is 3.82. The van der Waals surface area contributed by atoms with Crippen LogP contribution in [0.1, 0.15) is 31.4 Å². The fraction of sp³-hybridized carbons (Fsp3) is 0.227. The lowest BCUT2D eigenvalue weighted by atomic mass is 10.1. The summed E-state index contributed by atoms with van der Waals surface area (Å²) in [7, 11) is 0. The van der Waals surface area contributed by atoms with Gasteiger partial charge in [-0.25, -0.2) is 0 Å². The van der Waals surface area contributed by atoms with Crippen molar-refractivity contribution in [3.63, 3.8) is 0 Å². The van der Waals surface area contributed by atoms with Crippen LogP contribution in [0.25, 0.3) is 6.08 Å². The van der Waals surface area contributed by atoms with Gasteiger partial charge >= 0.3 is 0 Å². The highest BCUT2D eigenvalue weighted by molar-refractivity contribution is 9.10. The van der Waals surface area contributed by atoms with Crippen LogP contribution in [0.3, 0.4) is 0 Å². The molecule has 156 valence electrons. The Morgan fingerprint density at radius 2 is 2.03 bits per heavy atom. The molecule has 0 bridgehead atoms. The Morgan fingerprint density at radius 3 is 2.70 bits per heavy atom. The summed E-state index contributed by atoms with van der Waals surface area (Å²) >= 11 is 14.9. The van der Waals surface area contributed by atoms with E-state index in [0.717, 1.165) is 10.9 Å². The van der Waals surface area contributed by atoms with Crippen LogP contribution in [0.5, 0.6) is 5.75 Å². The van der Waals surface area contributed by atoms with Crippen molar-refractivity contribution in [2.75, 3.05) is 4.90 Å². The van der Waals surface area contributed by atoms with Gasteiger partial charge in [-0.05, 0) is 89.9 Å². The Bertz CT molecular complexity index is 1070. The Hall–Kier alpha value is -2.22. The third-order valence-corrected chi connectivity index (χ3v) is 6.07. The normalized spacial score (nSPS) is 16.6. The predicted molar refractivity (Wildman–Crippen MR) is 127 cm³/mol. The van der Waals surface area contributed by atoms with E-state index in [1.165, 1.54) is 11.0 Å². The second-order valence-electron chi connectivity index (χ2n) is 6.87. The number of benzene rings is 2. The number of thiocarbonyl (C=S) groups is 1. The highest BCUT2D eigenvalue weighted by Gasteiger charge is 2.35. The van der Waals surface area contributed by atoms with E-state index in [1.807, 2.05) is 13.8 Å². The molecule has 2 aromatic carbocycles. The van der Waals surface area contributed by atoms with Crippen molar-refractivity contribution in [1.82, 2.24) is 5.32 Å². The molecule has 1 aliphatic rings. The minimum Gasteiger partial charge on any atom is -0.490 e. The molecule has 5 nitrogen and oxygen atoms in total. The van der Waals surface area contributed by atoms with E-state index in [2.05, 4.69) is 21.2 Å². The molecule has 0 saturated carbocycles. The van der Waals surface area contributed by atoms with Gasteiger partial charge < -0.3 is 4.74 Å². The summed E-state index contributed by atoms with van der Waals surface area (Å²) in [6.07, 6.45) is 2.49. The van der Waals surface area contributed by atoms with Crippen LogP contribution in [0.4, 0.5) is 5.69 Å². The van der Waals surface area contributed by atoms with Crippen molar-refractivity contribution in [3.05, 3.63) is 62.6 Å². The van der Waals surface area contributed by atoms with Crippen molar-refractivity contribution in [2.45, 2.75) is 33.3 Å². The lowest BCUT2D eigenvalue weighted by Gasteiger charge is -2.30. The monoisotopic (exact) mass is 506 g/mol. The van der Waals surface area contributed by atoms with Gasteiger partial charge in [0.1, 0.15) is 11.3 Å². The molecule has 2 aromatic rings. The topological polar surface area (TPSA) is 58.6 Å². The van der Waals surface area contributed by atoms with Crippen LogP contribution in [-0.2, 0) is 9.59 Å². The van der Waals surface area contributed by atoms with E-state index in [1.54, 1.807) is 43.3 Å². The lowest BCUT2D eigenvalue weighted by molar-refractivity contribution is -0.122. The Labute approximate surface area is 194 Å². The second-order valence-corrected chi connectivity index (χ2v) is 8.52. The minimum absolute atomic E-state index is 0.0194. The average molecular weight is 508 g/mol. The smallest absolute Gasteiger partial charge is 0.270 e. The molecule has 1 aliphatic heterocycles. The summed E-state index contributed by atoms with van der Waals surface area (Å²) in [5.41, 5.74) is 1.87. The SMILES string of the molecule is CC[C@H](C)Oc1ccc(/C=C2\C(=O)NC(=S)N(c3cccc(Cl)c3C)C2=O)cc1Br. The predicted octanol–water partition coefficient (Wildman–Crippen LogP) is 5.42. The zero-order chi connectivity index (χ0) is 22.0. The average Bonchev–Trinajstić information content (AvgIpc) is 2.70. The van der Waals surface area contributed by atoms with Crippen molar-refractivity contribution < 1.29 is 14.3 Å². The third-order valence-electron chi connectivity index (χ3n) is 4.75. The van der Waals surface area contributed by atoms with Gasteiger partial charge in [-0.15, -0.1) is 0 Å². The van der Waals surface area contributed by atoms with Gasteiger partial charge in [0, 0.05) is 5.02 Å². The number of halogens is 2. The Kier molecular flexibility index (Phi) is 6.95. The van der Waals surface area contributed by atoms with E-state index < -0.39 is 11.8 Å². The fourth-order valence-electron chi connectivity index (χ4n) is 2.88. The van der Waals surface area contributed by atoms with Gasteiger partial charge in [0.25, 0.3) is 11.8 Å². The number of ether oxygens (including phenoxy) is 1. The molecular weight excluding hydrogens is 488 g/mol. The quantitative estimate of drug-likeness (QED) is 0.334. The van der Waals surface area contributed by atoms with Crippen LogP contribution in [0, 0.1) is 6.92 Å². The summed E-state index contributed by atoms with van der Waals surface area (Å²) in [5, 5.41) is 3.11. The molecule has 30 heavy (non-hydrogen) atoms. The van der Waals surface area contributed by atoms with Gasteiger partial charge in [0.05, 0.1) is 16.3 Å². The summed E-state index contributed by atoms with van der Waals surface area (Å²) in [4.78, 5) is 27.0. The minimum atomic E-state index is -0.544. The molecule has 0 unspecified atom stereocenters. The third kappa shape index (κ3) is 4.58. The number of hydrogen-bond donors (Lipinski definition) is 1. The lowest BCUT2D eigenvalue weighted by Crippen LogP contribution is -2.54. The molecule has 1 fully saturated rings. The van der Waals surface area contributed by atoms with Crippen LogP contribution in [0.2, 0.25) is 5.02 Å². The highest BCUT2D eigenvalue weighted by atomic mass is 79.9. The zero-order valence-corrected chi connectivity index (χ0v) is 19.8. The first kappa shape index (κ1) is 22.5. The van der Waals surface area contributed by atoms with Gasteiger partial charge in [-0.2, -0.15) is 0 Å². The molecule has 0 aliphatic carbocycles. The maximum Gasteiger partial charge on any atom is 0.270 e. The number of carbonyl (C=O) groups excluding carboxylic acids is 2. The first-order valence-corrected chi connectivity index (χ1v) is 10.9. The highest BCUT2D eigenvalue weighted by Crippen LogP contribution is 2.31. The van der Waals surface area contributed by atoms with Crippen molar-refractivity contribution in [2.24, 2.45) is 0 Å². The number of amides is 2. The molecular formula is C22H20BrClN2O3S. The molecule has 8 heteroatoms. The van der Waals surface area contributed by atoms with E-state index >= 15 is 0 Å². The number of nitrogens with one attached hydrogen (secondary N) is 1. The summed E-state index contributed by atoms with van der Waals surface area (Å²) < 4.78 is 6.58. The number of hydrogen-bond acceptors (Lipinski definition) is 4. The summed E-state index contributed by atoms with van der Waals surface area (Å²) in [6, 6.07) is 10.6. The van der Waals surface area contributed by atoms with Crippen LogP contribution < -0.4 is 15.0 Å². The maximum absolute atomic E-state index is 13.2. The van der Waals surface area contributed by atoms with Crippen LogP contribution in [0.15, 0.2) is 46.4 Å². The zero-order valence-electron chi connectivity index (χ0n) is 16.7. The largest absolute Gasteiger partial charge is 0.490 e. The van der Waals surface area contributed by atoms with Crippen LogP contribution >= 0.6 is 39.7 Å². The number of nitrogens with zero attached hydrogens (tertiary/aromatic N) is 1. The first-order chi connectivity index (χ1) is 14.2. The summed E-state index contributed by atoms with van der Waals surface area (Å²) in [6.45, 7) is 5.83. The second kappa shape index (κ2) is 9.29. The van der Waals surface area contributed by atoms with Gasteiger partial charge in [-0.3, -0.25) is 19.8 Å². The maximum atomic E-state index is 13.2. The van der Waals surface area contributed by atoms with E-state index in [0.29, 0.717) is 27.6 Å². The van der Waals surface area contributed by atoms with Crippen LogP contribution in [-0.4, -0.2) is 23.0 Å². The first-order valence-electron chi connectivity index (χ1n) is 9.35. The number of rotatable bonds is 5. The molecule has 1 N–H and O–H groups in total. The van der Waals surface area contributed by atoms with E-state index in [9.17, 15) is 9.59 Å². The van der Waals surface area contributed by atoms with Gasteiger partial charge in [0.2, 0.25) is 0 Å². The van der Waals surface area contributed by atoms with Gasteiger partial charge in [-0.1, -0.05) is 30.7 Å². The standard InChI is InChI=1S/C22H20BrClN2O3S/c1-4-12(2)29-19-9-8-14(11-16(19)23)10-15-20(27)25-22(30)26(21(15)28)18-7-5-6-17(24)13(18)3/h5-12H,4H2,1-3H3,(H,25,27,30)/b15-10+/t12-/m0/s1. The van der Waals surface area contributed by atoms with E-state index in [4.69, 9.17) is 28.6 Å². The molecule has 0 radical (unpaired) electrons. The molecule has 1 atom stereocenters. The van der Waals surface area contributed by atoms with Crippen molar-refractivity contribution in [3.8, 4) is 5.75 Å². The molecule has 1 heterocycles. The van der Waals surface area contributed by atoms with E-state index in [-0.39, 0.29) is 16.8 Å². The Morgan fingerprint density at radius 1 is 1.30 bits per heavy atom. The molecule has 0 spiro atoms.